The second kappa shape index (κ2) is 8.06. The highest BCUT2D eigenvalue weighted by molar-refractivity contribution is 8.00. The average Bonchev–Trinajstić information content (AvgIpc) is 2.97. The van der Waals surface area contributed by atoms with Crippen molar-refractivity contribution >= 4 is 17.7 Å². The molecule has 1 aliphatic carbocycles. The quantitative estimate of drug-likeness (QED) is 0.719. The summed E-state index contributed by atoms with van der Waals surface area (Å²) >= 11 is 1.99. The van der Waals surface area contributed by atoms with Crippen LogP contribution in [0.15, 0.2) is 12.2 Å². The number of alkyl halides is 1. The lowest BCUT2D eigenvalue weighted by molar-refractivity contribution is -0.125. The number of carbonyl (C=O) groups is 1. The molecule has 2 rings (SSSR count). The Kier molecular flexibility index (Phi) is 6.40. The molecule has 0 aromatic heterocycles. The molecule has 20 heavy (non-hydrogen) atoms. The first-order valence-electron chi connectivity index (χ1n) is 7.91. The Morgan fingerprint density at radius 3 is 2.65 bits per heavy atom. The molecule has 0 N–H and O–H groups in total. The predicted molar refractivity (Wildman–Crippen MR) is 83.7 cm³/mol. The van der Waals surface area contributed by atoms with Crippen LogP contribution in [0.1, 0.15) is 45.4 Å². The third kappa shape index (κ3) is 4.80. The maximum absolute atomic E-state index is 13.1. The van der Waals surface area contributed by atoms with Crippen molar-refractivity contribution in [2.24, 2.45) is 5.92 Å². The molecule has 1 unspecified atom stereocenters. The summed E-state index contributed by atoms with van der Waals surface area (Å²) in [6.07, 6.45) is 8.71. The zero-order valence-corrected chi connectivity index (χ0v) is 13.2. The zero-order valence-electron chi connectivity index (χ0n) is 12.4. The SMILES string of the molecule is CCN(CC1CCCS1)C(=O)/C=C/C1CCC(F)CC1. The van der Waals surface area contributed by atoms with Crippen molar-refractivity contribution < 1.29 is 9.18 Å². The molecule has 0 spiro atoms. The summed E-state index contributed by atoms with van der Waals surface area (Å²) in [7, 11) is 0. The van der Waals surface area contributed by atoms with Gasteiger partial charge in [0.25, 0.3) is 0 Å². The van der Waals surface area contributed by atoms with E-state index in [2.05, 4.69) is 0 Å². The van der Waals surface area contributed by atoms with E-state index in [0.29, 0.717) is 24.0 Å². The van der Waals surface area contributed by atoms with Gasteiger partial charge < -0.3 is 4.90 Å². The monoisotopic (exact) mass is 299 g/mol. The van der Waals surface area contributed by atoms with Gasteiger partial charge in [0.2, 0.25) is 5.91 Å². The molecule has 114 valence electrons. The van der Waals surface area contributed by atoms with E-state index in [-0.39, 0.29) is 5.91 Å². The lowest BCUT2D eigenvalue weighted by Gasteiger charge is -2.24. The zero-order chi connectivity index (χ0) is 14.4. The van der Waals surface area contributed by atoms with Crippen molar-refractivity contribution in [2.45, 2.75) is 56.9 Å². The van der Waals surface area contributed by atoms with E-state index in [1.807, 2.05) is 29.7 Å². The van der Waals surface area contributed by atoms with Gasteiger partial charge in [-0.3, -0.25) is 4.79 Å². The number of hydrogen-bond acceptors (Lipinski definition) is 2. The van der Waals surface area contributed by atoms with E-state index >= 15 is 0 Å². The molecule has 1 heterocycles. The fourth-order valence-electron chi connectivity index (χ4n) is 3.00. The highest BCUT2D eigenvalue weighted by Gasteiger charge is 2.21. The summed E-state index contributed by atoms with van der Waals surface area (Å²) in [5, 5.41) is 0.620. The molecule has 0 aromatic rings. The number of amides is 1. The number of carbonyl (C=O) groups excluding carboxylic acids is 1. The van der Waals surface area contributed by atoms with Crippen LogP contribution in [0.25, 0.3) is 0 Å². The van der Waals surface area contributed by atoms with Gasteiger partial charge in [0, 0.05) is 18.3 Å². The Labute approximate surface area is 126 Å². The van der Waals surface area contributed by atoms with Crippen LogP contribution in [0.4, 0.5) is 4.39 Å². The Hall–Kier alpha value is -0.510. The van der Waals surface area contributed by atoms with Crippen LogP contribution >= 0.6 is 11.8 Å². The van der Waals surface area contributed by atoms with E-state index in [1.165, 1.54) is 18.6 Å². The maximum atomic E-state index is 13.1. The van der Waals surface area contributed by atoms with Crippen molar-refractivity contribution in [2.75, 3.05) is 18.8 Å². The predicted octanol–water partition coefficient (Wildman–Crippen LogP) is 3.82. The lowest BCUT2D eigenvalue weighted by Crippen LogP contribution is -2.34. The molecule has 1 saturated heterocycles. The average molecular weight is 299 g/mol. The third-order valence-electron chi connectivity index (χ3n) is 4.35. The lowest BCUT2D eigenvalue weighted by atomic mass is 9.88. The number of allylic oxidation sites excluding steroid dienone is 1. The first kappa shape index (κ1) is 15.9. The van der Waals surface area contributed by atoms with E-state index < -0.39 is 6.17 Å². The van der Waals surface area contributed by atoms with Gasteiger partial charge in [-0.25, -0.2) is 4.39 Å². The van der Waals surface area contributed by atoms with Crippen LogP contribution in [0.5, 0.6) is 0 Å². The standard InChI is InChI=1S/C16H26FNOS/c1-2-18(12-15-4-3-11-20-15)16(19)10-7-13-5-8-14(17)9-6-13/h7,10,13-15H,2-6,8-9,11-12H2,1H3/b10-7+. The molecule has 0 bridgehead atoms. The van der Waals surface area contributed by atoms with E-state index in [9.17, 15) is 9.18 Å². The van der Waals surface area contributed by atoms with Crippen molar-refractivity contribution in [3.05, 3.63) is 12.2 Å². The van der Waals surface area contributed by atoms with Gasteiger partial charge >= 0.3 is 0 Å². The van der Waals surface area contributed by atoms with Crippen LogP contribution in [0, 0.1) is 5.92 Å². The van der Waals surface area contributed by atoms with Gasteiger partial charge in [0.05, 0.1) is 0 Å². The van der Waals surface area contributed by atoms with Crippen molar-refractivity contribution in [1.82, 2.24) is 4.90 Å². The smallest absolute Gasteiger partial charge is 0.246 e. The first-order valence-corrected chi connectivity index (χ1v) is 8.96. The number of nitrogens with zero attached hydrogens (tertiary/aromatic N) is 1. The summed E-state index contributed by atoms with van der Waals surface area (Å²) in [5.74, 6) is 1.76. The molecule has 2 aliphatic rings. The maximum Gasteiger partial charge on any atom is 0.246 e. The summed E-state index contributed by atoms with van der Waals surface area (Å²) in [6, 6.07) is 0. The number of likely N-dealkylation sites (N-methyl/N-ethyl adjacent to an activating group) is 1. The number of halogens is 1. The highest BCUT2D eigenvalue weighted by Crippen LogP contribution is 2.28. The van der Waals surface area contributed by atoms with Crippen molar-refractivity contribution in [3.63, 3.8) is 0 Å². The molecule has 0 radical (unpaired) electrons. The molecular formula is C16H26FNOS. The topological polar surface area (TPSA) is 20.3 Å². The Morgan fingerprint density at radius 1 is 1.30 bits per heavy atom. The number of hydrogen-bond donors (Lipinski definition) is 0. The van der Waals surface area contributed by atoms with E-state index in [0.717, 1.165) is 25.9 Å². The van der Waals surface area contributed by atoms with Gasteiger partial charge in [-0.05, 0) is 63.2 Å². The molecular weight excluding hydrogens is 273 g/mol. The summed E-state index contributed by atoms with van der Waals surface area (Å²) < 4.78 is 13.1. The van der Waals surface area contributed by atoms with Crippen LogP contribution < -0.4 is 0 Å². The molecule has 2 fully saturated rings. The van der Waals surface area contributed by atoms with Crippen LogP contribution in [0.3, 0.4) is 0 Å². The molecule has 0 aromatic carbocycles. The normalized spacial score (nSPS) is 30.8. The van der Waals surface area contributed by atoms with Gasteiger partial charge in [-0.15, -0.1) is 0 Å². The van der Waals surface area contributed by atoms with E-state index in [4.69, 9.17) is 0 Å². The second-order valence-corrected chi connectivity index (χ2v) is 7.29. The van der Waals surface area contributed by atoms with Gasteiger partial charge in [-0.1, -0.05) is 6.08 Å². The Morgan fingerprint density at radius 2 is 2.05 bits per heavy atom. The molecule has 4 heteroatoms. The summed E-state index contributed by atoms with van der Waals surface area (Å²) in [4.78, 5) is 14.2. The highest BCUT2D eigenvalue weighted by atomic mass is 32.2. The minimum atomic E-state index is -0.623. The minimum Gasteiger partial charge on any atom is -0.338 e. The Balaban J connectivity index is 1.78. The van der Waals surface area contributed by atoms with Crippen LogP contribution in [-0.4, -0.2) is 41.1 Å². The Bertz CT molecular complexity index is 333. The summed E-state index contributed by atoms with van der Waals surface area (Å²) in [5.41, 5.74) is 0. The second-order valence-electron chi connectivity index (χ2n) is 5.88. The van der Waals surface area contributed by atoms with Crippen molar-refractivity contribution in [1.29, 1.82) is 0 Å². The first-order chi connectivity index (χ1) is 9.69. The molecule has 1 atom stereocenters. The molecule has 1 aliphatic heterocycles. The fraction of sp³-hybridized carbons (Fsp3) is 0.812. The molecule has 1 saturated carbocycles. The molecule has 1 amide bonds. The van der Waals surface area contributed by atoms with Gasteiger partial charge in [0.15, 0.2) is 0 Å². The fourth-order valence-corrected chi connectivity index (χ4v) is 4.29. The van der Waals surface area contributed by atoms with Gasteiger partial charge in [0.1, 0.15) is 6.17 Å². The largest absolute Gasteiger partial charge is 0.338 e. The van der Waals surface area contributed by atoms with Crippen LogP contribution in [0.2, 0.25) is 0 Å². The number of thioether (sulfide) groups is 1. The van der Waals surface area contributed by atoms with Crippen LogP contribution in [-0.2, 0) is 4.79 Å². The summed E-state index contributed by atoms with van der Waals surface area (Å²) in [6.45, 7) is 3.69. The van der Waals surface area contributed by atoms with E-state index in [1.54, 1.807) is 6.08 Å². The number of rotatable bonds is 5. The molecule has 2 nitrogen and oxygen atoms in total. The third-order valence-corrected chi connectivity index (χ3v) is 5.73. The van der Waals surface area contributed by atoms with Crippen molar-refractivity contribution in [3.8, 4) is 0 Å². The minimum absolute atomic E-state index is 0.127. The van der Waals surface area contributed by atoms with Gasteiger partial charge in [-0.2, -0.15) is 11.8 Å².